The Labute approximate surface area is 65.4 Å². The minimum Gasteiger partial charge on any atom is -0.287 e. The Morgan fingerprint density at radius 2 is 1.91 bits per heavy atom. The Morgan fingerprint density at radius 3 is 2.36 bits per heavy atom. The Morgan fingerprint density at radius 1 is 1.36 bits per heavy atom. The molecule has 58 valence electrons. The van der Waals surface area contributed by atoms with Crippen LogP contribution in [0.4, 0.5) is 0 Å². The molecule has 0 saturated carbocycles. The van der Waals surface area contributed by atoms with Crippen LogP contribution in [0, 0.1) is 5.41 Å². The van der Waals surface area contributed by atoms with Crippen molar-refractivity contribution in [3.63, 3.8) is 0 Å². The van der Waals surface area contributed by atoms with Gasteiger partial charge in [-0.15, -0.1) is 0 Å². The van der Waals surface area contributed by atoms with Crippen LogP contribution in [0.2, 0.25) is 0 Å². The van der Waals surface area contributed by atoms with Gasteiger partial charge in [0.2, 0.25) is 0 Å². The minimum atomic E-state index is 0.102. The van der Waals surface area contributed by atoms with Crippen LogP contribution in [-0.2, 0) is 0 Å². The molecule has 1 aromatic carbocycles. The summed E-state index contributed by atoms with van der Waals surface area (Å²) < 4.78 is 0. The summed E-state index contributed by atoms with van der Waals surface area (Å²) in [4.78, 5) is 0. The molecule has 0 aliphatic rings. The second kappa shape index (κ2) is 3.16. The van der Waals surface area contributed by atoms with Gasteiger partial charge in [0.15, 0.2) is 5.84 Å². The standard InChI is InChI=1S/C8H10N2O/c1-10(11)8(9)7-5-3-2-4-6-7/h2-6,9,11H,1H3. The van der Waals surface area contributed by atoms with Crippen LogP contribution in [0.5, 0.6) is 0 Å². The molecule has 0 aliphatic heterocycles. The fourth-order valence-electron chi connectivity index (χ4n) is 0.783. The highest BCUT2D eigenvalue weighted by Crippen LogP contribution is 2.00. The number of hydrogen-bond donors (Lipinski definition) is 2. The van der Waals surface area contributed by atoms with Crippen LogP contribution < -0.4 is 0 Å². The number of nitrogens with zero attached hydrogens (tertiary/aromatic N) is 1. The second-order valence-electron chi connectivity index (χ2n) is 2.24. The van der Waals surface area contributed by atoms with Gasteiger partial charge < -0.3 is 0 Å². The highest BCUT2D eigenvalue weighted by atomic mass is 16.5. The van der Waals surface area contributed by atoms with Gasteiger partial charge in [0.05, 0.1) is 0 Å². The van der Waals surface area contributed by atoms with E-state index in [2.05, 4.69) is 0 Å². The third kappa shape index (κ3) is 1.78. The van der Waals surface area contributed by atoms with Crippen molar-refractivity contribution >= 4 is 5.84 Å². The lowest BCUT2D eigenvalue weighted by molar-refractivity contribution is 0.0133. The quantitative estimate of drug-likeness (QED) is 0.360. The van der Waals surface area contributed by atoms with Gasteiger partial charge >= 0.3 is 0 Å². The van der Waals surface area contributed by atoms with Crippen molar-refractivity contribution in [1.29, 1.82) is 5.41 Å². The molecule has 0 fully saturated rings. The molecular formula is C8H10N2O. The molecule has 1 rings (SSSR count). The Kier molecular flexibility index (Phi) is 2.23. The van der Waals surface area contributed by atoms with Gasteiger partial charge in [-0.1, -0.05) is 30.3 Å². The molecule has 3 nitrogen and oxygen atoms in total. The van der Waals surface area contributed by atoms with E-state index in [4.69, 9.17) is 10.6 Å². The summed E-state index contributed by atoms with van der Waals surface area (Å²) in [5, 5.41) is 17.0. The molecule has 0 amide bonds. The largest absolute Gasteiger partial charge is 0.287 e. The molecule has 3 heteroatoms. The first kappa shape index (κ1) is 7.75. The zero-order chi connectivity index (χ0) is 8.27. The van der Waals surface area contributed by atoms with E-state index < -0.39 is 0 Å². The number of hydrogen-bond acceptors (Lipinski definition) is 2. The van der Waals surface area contributed by atoms with Crippen LogP contribution in [-0.4, -0.2) is 23.2 Å². The summed E-state index contributed by atoms with van der Waals surface area (Å²) in [6.45, 7) is 0. The molecule has 0 saturated heterocycles. The Balaban J connectivity index is 2.86. The van der Waals surface area contributed by atoms with Crippen LogP contribution in [0.1, 0.15) is 5.56 Å². The van der Waals surface area contributed by atoms with E-state index in [-0.39, 0.29) is 5.84 Å². The van der Waals surface area contributed by atoms with Crippen molar-refractivity contribution in [1.82, 2.24) is 5.06 Å². The van der Waals surface area contributed by atoms with E-state index in [1.807, 2.05) is 18.2 Å². The molecule has 1 aromatic rings. The first-order chi connectivity index (χ1) is 5.22. The number of benzene rings is 1. The Hall–Kier alpha value is -1.35. The monoisotopic (exact) mass is 150 g/mol. The van der Waals surface area contributed by atoms with Crippen molar-refractivity contribution in [2.45, 2.75) is 0 Å². The maximum Gasteiger partial charge on any atom is 0.151 e. The summed E-state index contributed by atoms with van der Waals surface area (Å²) in [5.41, 5.74) is 0.706. The predicted octanol–water partition coefficient (Wildman–Crippen LogP) is 1.33. The lowest BCUT2D eigenvalue weighted by Gasteiger charge is -2.10. The average molecular weight is 150 g/mol. The topological polar surface area (TPSA) is 47.3 Å². The molecule has 0 spiro atoms. The fraction of sp³-hybridized carbons (Fsp3) is 0.125. The van der Waals surface area contributed by atoms with Gasteiger partial charge in [0.1, 0.15) is 0 Å². The van der Waals surface area contributed by atoms with E-state index in [9.17, 15) is 0 Å². The zero-order valence-electron chi connectivity index (χ0n) is 6.28. The highest BCUT2D eigenvalue weighted by molar-refractivity contribution is 5.95. The molecule has 2 N–H and O–H groups in total. The average Bonchev–Trinajstić information content (AvgIpc) is 2.05. The molecule has 0 heterocycles. The van der Waals surface area contributed by atoms with Crippen molar-refractivity contribution < 1.29 is 5.21 Å². The van der Waals surface area contributed by atoms with Crippen molar-refractivity contribution in [2.75, 3.05) is 7.05 Å². The van der Waals surface area contributed by atoms with Gasteiger partial charge in [0.25, 0.3) is 0 Å². The van der Waals surface area contributed by atoms with E-state index in [1.165, 1.54) is 7.05 Å². The van der Waals surface area contributed by atoms with E-state index in [0.29, 0.717) is 5.56 Å². The highest BCUT2D eigenvalue weighted by Gasteiger charge is 2.01. The van der Waals surface area contributed by atoms with Crippen molar-refractivity contribution in [3.05, 3.63) is 35.9 Å². The molecule has 0 atom stereocenters. The lowest BCUT2D eigenvalue weighted by Crippen LogP contribution is -2.22. The molecule has 11 heavy (non-hydrogen) atoms. The van der Waals surface area contributed by atoms with E-state index in [0.717, 1.165) is 5.06 Å². The number of amidine groups is 1. The van der Waals surface area contributed by atoms with Crippen LogP contribution in [0.15, 0.2) is 30.3 Å². The number of hydroxylamine groups is 2. The van der Waals surface area contributed by atoms with Crippen molar-refractivity contribution in [3.8, 4) is 0 Å². The molecule has 0 radical (unpaired) electrons. The van der Waals surface area contributed by atoms with Crippen molar-refractivity contribution in [2.24, 2.45) is 0 Å². The van der Waals surface area contributed by atoms with E-state index in [1.54, 1.807) is 12.1 Å². The van der Waals surface area contributed by atoms with Crippen LogP contribution >= 0.6 is 0 Å². The second-order valence-corrected chi connectivity index (χ2v) is 2.24. The molecule has 0 bridgehead atoms. The van der Waals surface area contributed by atoms with Crippen LogP contribution in [0.3, 0.4) is 0 Å². The molecule has 0 aromatic heterocycles. The first-order valence-electron chi connectivity index (χ1n) is 3.28. The van der Waals surface area contributed by atoms with Gasteiger partial charge in [0, 0.05) is 12.6 Å². The first-order valence-corrected chi connectivity index (χ1v) is 3.28. The third-order valence-electron chi connectivity index (χ3n) is 1.37. The SMILES string of the molecule is CN(O)C(=N)c1ccccc1. The number of nitrogens with one attached hydrogen (secondary N) is 1. The smallest absolute Gasteiger partial charge is 0.151 e. The summed E-state index contributed by atoms with van der Waals surface area (Å²) in [7, 11) is 1.43. The summed E-state index contributed by atoms with van der Waals surface area (Å²) in [6.07, 6.45) is 0. The molecular weight excluding hydrogens is 140 g/mol. The zero-order valence-corrected chi connectivity index (χ0v) is 6.28. The summed E-state index contributed by atoms with van der Waals surface area (Å²) in [6, 6.07) is 9.07. The lowest BCUT2D eigenvalue weighted by atomic mass is 10.2. The minimum absolute atomic E-state index is 0.102. The normalized spacial score (nSPS) is 9.27. The summed E-state index contributed by atoms with van der Waals surface area (Å²) >= 11 is 0. The van der Waals surface area contributed by atoms with Gasteiger partial charge in [-0.3, -0.25) is 10.6 Å². The maximum atomic E-state index is 8.88. The van der Waals surface area contributed by atoms with E-state index >= 15 is 0 Å². The third-order valence-corrected chi connectivity index (χ3v) is 1.37. The molecule has 0 unspecified atom stereocenters. The Bertz CT molecular complexity index is 244. The van der Waals surface area contributed by atoms with Crippen LogP contribution in [0.25, 0.3) is 0 Å². The molecule has 0 aliphatic carbocycles. The number of rotatable bonds is 1. The van der Waals surface area contributed by atoms with Gasteiger partial charge in [-0.05, 0) is 0 Å². The van der Waals surface area contributed by atoms with Gasteiger partial charge in [-0.25, -0.2) is 5.06 Å². The fourth-order valence-corrected chi connectivity index (χ4v) is 0.783. The predicted molar refractivity (Wildman–Crippen MR) is 42.8 cm³/mol. The van der Waals surface area contributed by atoms with Gasteiger partial charge in [-0.2, -0.15) is 0 Å². The maximum absolute atomic E-state index is 8.88. The summed E-state index contributed by atoms with van der Waals surface area (Å²) in [5.74, 6) is 0.102.